The summed E-state index contributed by atoms with van der Waals surface area (Å²) in [5, 5.41) is 11.0. The Morgan fingerprint density at radius 3 is 2.52 bits per heavy atom. The Labute approximate surface area is 157 Å². The van der Waals surface area contributed by atoms with E-state index in [1.165, 1.54) is 18.2 Å². The Kier molecular flexibility index (Phi) is 5.54. The van der Waals surface area contributed by atoms with E-state index in [1.54, 1.807) is 24.3 Å². The summed E-state index contributed by atoms with van der Waals surface area (Å²) >= 11 is 0. The average molecular weight is 366 g/mol. The minimum absolute atomic E-state index is 0.0626. The molecule has 2 aromatic rings. The molecular formula is C21H20NO5-. The van der Waals surface area contributed by atoms with E-state index in [9.17, 15) is 19.5 Å². The predicted octanol–water partition coefficient (Wildman–Crippen LogP) is 2.81. The van der Waals surface area contributed by atoms with Gasteiger partial charge in [-0.15, -0.1) is 0 Å². The molecular weight excluding hydrogens is 346 g/mol. The van der Waals surface area contributed by atoms with Crippen molar-refractivity contribution >= 4 is 23.5 Å². The number of carbonyl (C=O) groups excluding carboxylic acids is 3. The summed E-state index contributed by atoms with van der Waals surface area (Å²) in [5.74, 6) is -1.86. The molecule has 0 bridgehead atoms. The van der Waals surface area contributed by atoms with Crippen LogP contribution in [-0.2, 0) is 0 Å². The molecule has 0 unspecified atom stereocenters. The van der Waals surface area contributed by atoms with E-state index >= 15 is 0 Å². The van der Waals surface area contributed by atoms with Crippen LogP contribution in [0.5, 0.6) is 5.75 Å². The van der Waals surface area contributed by atoms with E-state index in [1.807, 2.05) is 0 Å². The van der Waals surface area contributed by atoms with Crippen molar-refractivity contribution in [3.05, 3.63) is 59.2 Å². The van der Waals surface area contributed by atoms with Gasteiger partial charge in [0.15, 0.2) is 0 Å². The fraction of sp³-hybridized carbons (Fsp3) is 0.286. The monoisotopic (exact) mass is 366 g/mol. The molecule has 2 amide bonds. The second-order valence-electron chi connectivity index (χ2n) is 6.40. The van der Waals surface area contributed by atoms with Crippen LogP contribution in [0, 0.1) is 0 Å². The molecule has 140 valence electrons. The lowest BCUT2D eigenvalue weighted by atomic mass is 10.1. The van der Waals surface area contributed by atoms with Crippen molar-refractivity contribution in [2.24, 2.45) is 0 Å². The second kappa shape index (κ2) is 8.03. The highest BCUT2D eigenvalue weighted by molar-refractivity contribution is 6.34. The summed E-state index contributed by atoms with van der Waals surface area (Å²) in [6.07, 6.45) is 4.34. The van der Waals surface area contributed by atoms with Gasteiger partial charge in [-0.3, -0.25) is 9.59 Å². The number of unbranched alkanes of at least 4 members (excludes halogenated alkanes) is 3. The highest BCUT2D eigenvalue weighted by atomic mass is 16.5. The molecule has 6 nitrogen and oxygen atoms in total. The van der Waals surface area contributed by atoms with Crippen molar-refractivity contribution < 1.29 is 24.2 Å². The Morgan fingerprint density at radius 1 is 1.00 bits per heavy atom. The van der Waals surface area contributed by atoms with Crippen LogP contribution >= 0.6 is 0 Å². The summed E-state index contributed by atoms with van der Waals surface area (Å²) in [7, 11) is 0. The highest BCUT2D eigenvalue weighted by Crippen LogP contribution is 2.31. The van der Waals surface area contributed by atoms with Gasteiger partial charge < -0.3 is 14.6 Å². The van der Waals surface area contributed by atoms with E-state index in [4.69, 9.17) is 4.74 Å². The van der Waals surface area contributed by atoms with Crippen molar-refractivity contribution in [3.8, 4) is 5.75 Å². The first kappa shape index (κ1) is 18.6. The van der Waals surface area contributed by atoms with Crippen molar-refractivity contribution in [1.29, 1.82) is 0 Å². The van der Waals surface area contributed by atoms with Crippen LogP contribution in [0.2, 0.25) is 0 Å². The standard InChI is InChI=1S/C21H21NO5/c1-2-3-4-5-11-27-16-8-6-7-15(13-16)22-19(23)17-10-9-14(21(25)26)12-18(17)20(22)24/h6-10,12-13H,2-5,11H2,1H3,(H,25,26)/p-1. The molecule has 0 spiro atoms. The number of fused-ring (bicyclic) bond motifs is 1. The number of carboxylic acid groups (broad SMARTS) is 1. The highest BCUT2D eigenvalue weighted by Gasteiger charge is 2.37. The number of ether oxygens (including phenoxy) is 1. The van der Waals surface area contributed by atoms with Gasteiger partial charge in [0.05, 0.1) is 29.4 Å². The number of nitrogens with zero attached hydrogens (tertiary/aromatic N) is 1. The molecule has 0 saturated carbocycles. The quantitative estimate of drug-likeness (QED) is 0.530. The molecule has 6 heteroatoms. The van der Waals surface area contributed by atoms with Crippen LogP contribution in [0.15, 0.2) is 42.5 Å². The third-order valence-electron chi connectivity index (χ3n) is 4.46. The first-order valence-corrected chi connectivity index (χ1v) is 9.00. The number of carboxylic acids is 1. The Bertz CT molecular complexity index is 890. The first-order chi connectivity index (χ1) is 13.0. The maximum atomic E-state index is 12.7. The third-order valence-corrected chi connectivity index (χ3v) is 4.46. The zero-order valence-corrected chi connectivity index (χ0v) is 15.1. The van der Waals surface area contributed by atoms with Crippen LogP contribution in [0.25, 0.3) is 0 Å². The van der Waals surface area contributed by atoms with E-state index in [2.05, 4.69) is 6.92 Å². The lowest BCUT2D eigenvalue weighted by Gasteiger charge is -2.15. The van der Waals surface area contributed by atoms with Gasteiger partial charge in [-0.05, 0) is 36.2 Å². The minimum Gasteiger partial charge on any atom is -0.545 e. The largest absolute Gasteiger partial charge is 0.545 e. The molecule has 0 aliphatic carbocycles. The van der Waals surface area contributed by atoms with Crippen LogP contribution in [-0.4, -0.2) is 24.4 Å². The van der Waals surface area contributed by atoms with E-state index in [0.717, 1.165) is 30.6 Å². The van der Waals surface area contributed by atoms with Gasteiger partial charge >= 0.3 is 0 Å². The number of carbonyl (C=O) groups is 3. The summed E-state index contributed by atoms with van der Waals surface area (Å²) in [6.45, 7) is 2.71. The lowest BCUT2D eigenvalue weighted by Crippen LogP contribution is -2.29. The Hall–Kier alpha value is -3.15. The van der Waals surface area contributed by atoms with Crippen molar-refractivity contribution in [3.63, 3.8) is 0 Å². The number of imide groups is 1. The number of aromatic carboxylic acids is 1. The molecule has 0 atom stereocenters. The molecule has 3 rings (SSSR count). The van der Waals surface area contributed by atoms with Gasteiger partial charge in [-0.2, -0.15) is 0 Å². The molecule has 1 heterocycles. The maximum absolute atomic E-state index is 12.7. The van der Waals surface area contributed by atoms with Crippen molar-refractivity contribution in [2.45, 2.75) is 32.6 Å². The molecule has 0 fully saturated rings. The summed E-state index contributed by atoms with van der Waals surface area (Å²) in [5.41, 5.74) is 0.492. The molecule has 1 aliphatic rings. The topological polar surface area (TPSA) is 86.7 Å². The van der Waals surface area contributed by atoms with Crippen LogP contribution in [0.1, 0.15) is 63.7 Å². The summed E-state index contributed by atoms with van der Waals surface area (Å²) in [6, 6.07) is 10.6. The molecule has 0 saturated heterocycles. The van der Waals surface area contributed by atoms with Crippen molar-refractivity contribution in [2.75, 3.05) is 11.5 Å². The molecule has 0 aromatic heterocycles. The van der Waals surface area contributed by atoms with Crippen LogP contribution in [0.4, 0.5) is 5.69 Å². The van der Waals surface area contributed by atoms with Crippen LogP contribution in [0.3, 0.4) is 0 Å². The first-order valence-electron chi connectivity index (χ1n) is 9.00. The molecule has 0 N–H and O–H groups in total. The van der Waals surface area contributed by atoms with Gasteiger partial charge in [-0.1, -0.05) is 38.3 Å². The number of anilines is 1. The summed E-state index contributed by atoms with van der Waals surface area (Å²) in [4.78, 5) is 37.4. The smallest absolute Gasteiger partial charge is 0.266 e. The fourth-order valence-electron chi connectivity index (χ4n) is 3.03. The Balaban J connectivity index is 1.78. The van der Waals surface area contributed by atoms with Crippen LogP contribution < -0.4 is 14.7 Å². The number of hydrogen-bond acceptors (Lipinski definition) is 5. The van der Waals surface area contributed by atoms with E-state index in [0.29, 0.717) is 18.0 Å². The Morgan fingerprint density at radius 2 is 1.78 bits per heavy atom. The van der Waals surface area contributed by atoms with Gasteiger partial charge in [0.25, 0.3) is 11.8 Å². The van der Waals surface area contributed by atoms with Gasteiger partial charge in [-0.25, -0.2) is 4.90 Å². The van der Waals surface area contributed by atoms with Gasteiger partial charge in [0.1, 0.15) is 5.75 Å². The zero-order valence-electron chi connectivity index (χ0n) is 15.1. The SMILES string of the molecule is CCCCCCOc1cccc(N2C(=O)c3ccc(C(=O)[O-])cc3C2=O)c1. The summed E-state index contributed by atoms with van der Waals surface area (Å²) < 4.78 is 5.72. The number of rotatable bonds is 8. The molecule has 1 aliphatic heterocycles. The van der Waals surface area contributed by atoms with E-state index < -0.39 is 17.8 Å². The lowest BCUT2D eigenvalue weighted by molar-refractivity contribution is -0.255. The third kappa shape index (κ3) is 3.84. The number of benzene rings is 2. The van der Waals surface area contributed by atoms with E-state index in [-0.39, 0.29) is 16.7 Å². The number of hydrogen-bond donors (Lipinski definition) is 0. The van der Waals surface area contributed by atoms with Gasteiger partial charge in [0, 0.05) is 6.07 Å². The number of amides is 2. The molecule has 0 radical (unpaired) electrons. The fourth-order valence-corrected chi connectivity index (χ4v) is 3.03. The zero-order chi connectivity index (χ0) is 19.4. The van der Waals surface area contributed by atoms with Gasteiger partial charge in [0.2, 0.25) is 0 Å². The average Bonchev–Trinajstić information content (AvgIpc) is 2.92. The minimum atomic E-state index is -1.39. The molecule has 27 heavy (non-hydrogen) atoms. The normalized spacial score (nSPS) is 13.0. The second-order valence-corrected chi connectivity index (χ2v) is 6.40. The molecule has 2 aromatic carbocycles. The predicted molar refractivity (Wildman–Crippen MR) is 98.0 cm³/mol. The maximum Gasteiger partial charge on any atom is 0.266 e. The van der Waals surface area contributed by atoms with Crippen molar-refractivity contribution in [1.82, 2.24) is 0 Å².